The van der Waals surface area contributed by atoms with Crippen LogP contribution in [-0.2, 0) is 56.0 Å². The maximum absolute atomic E-state index is 14.2. The molecule has 73 heavy (non-hydrogen) atoms. The quantitative estimate of drug-likeness (QED) is 0.0985. The third-order valence-electron chi connectivity index (χ3n) is 10.6. The summed E-state index contributed by atoms with van der Waals surface area (Å²) in [5.41, 5.74) is -29.0. The lowest BCUT2D eigenvalue weighted by molar-refractivity contribution is -0.689. The van der Waals surface area contributed by atoms with Gasteiger partial charge in [0, 0.05) is 5.56 Å². The van der Waals surface area contributed by atoms with E-state index in [0.29, 0.717) is 6.54 Å². The van der Waals surface area contributed by atoms with Crippen LogP contribution in [0, 0.1) is 0 Å². The van der Waals surface area contributed by atoms with E-state index in [4.69, 9.17) is 5.11 Å². The molecule has 0 atom stereocenters. The molecule has 29 heteroatoms. The van der Waals surface area contributed by atoms with Crippen LogP contribution in [0.1, 0.15) is 60.6 Å². The van der Waals surface area contributed by atoms with Crippen molar-refractivity contribution >= 4 is 34.0 Å². The standard InChI is InChI=1S/C32H12BF24.C12H10N2O2/c34-25(35,36)13-1-14(26(37,38)39)6-21(5-13)33(22-7-15(27(40,41)42)2-16(8-22)28(43,44)45,23-9-17(29(46,47)48)3-18(10-23)30(49,50)51)24-11-19(31(52,53)54)4-20(12-24)32(55,56)57;15-12(16)11-9-14(7-6-13-11)8-10-4-2-1-3-5-10/h1-12H;1-7,9H,8H2/q-1;/p+1. The summed E-state index contributed by atoms with van der Waals surface area (Å²) in [5, 5.41) is 8.80. The number of halogens is 24. The summed E-state index contributed by atoms with van der Waals surface area (Å²) in [6, 6.07) is 1.03. The van der Waals surface area contributed by atoms with E-state index in [0.717, 1.165) is 5.56 Å². The van der Waals surface area contributed by atoms with Crippen molar-refractivity contribution in [1.29, 1.82) is 0 Å². The van der Waals surface area contributed by atoms with Crippen LogP contribution < -0.4 is 26.4 Å². The molecule has 0 bridgehead atoms. The summed E-state index contributed by atoms with van der Waals surface area (Å²) in [7, 11) is 0. The van der Waals surface area contributed by atoms with Gasteiger partial charge in [0.15, 0.2) is 12.7 Å². The first-order valence-corrected chi connectivity index (χ1v) is 19.5. The third kappa shape index (κ3) is 13.4. The van der Waals surface area contributed by atoms with Gasteiger partial charge in [0.2, 0.25) is 11.9 Å². The largest absolute Gasteiger partial charge is 0.476 e. The molecular formula is C44H23BF24N2O2. The minimum Gasteiger partial charge on any atom is -0.476 e. The monoisotopic (exact) mass is 1080 g/mol. The highest BCUT2D eigenvalue weighted by atomic mass is 19.4. The number of aromatic carboxylic acids is 1. The maximum Gasteiger partial charge on any atom is 0.416 e. The number of alkyl halides is 24. The van der Waals surface area contributed by atoms with E-state index in [1.807, 2.05) is 30.3 Å². The van der Waals surface area contributed by atoms with Gasteiger partial charge in [-0.2, -0.15) is 132 Å². The average molecular weight is 1080 g/mol. The number of benzene rings is 5. The predicted octanol–water partition coefficient (Wildman–Crippen LogP) is 12.3. The van der Waals surface area contributed by atoms with Crippen LogP contribution in [0.2, 0.25) is 0 Å². The highest BCUT2D eigenvalue weighted by Gasteiger charge is 2.47. The van der Waals surface area contributed by atoms with E-state index >= 15 is 0 Å². The van der Waals surface area contributed by atoms with Gasteiger partial charge in [0.25, 0.3) is 0 Å². The molecule has 0 radical (unpaired) electrons. The Morgan fingerprint density at radius 2 is 0.658 bits per heavy atom. The molecule has 1 heterocycles. The van der Waals surface area contributed by atoms with Crippen molar-refractivity contribution in [3.8, 4) is 0 Å². The fourth-order valence-electron chi connectivity index (χ4n) is 7.51. The Labute approximate surface area is 392 Å². The minimum atomic E-state index is -6.13. The molecule has 0 spiro atoms. The first-order valence-electron chi connectivity index (χ1n) is 19.5. The fraction of sp³-hybridized carbons (Fsp3) is 0.205. The second-order valence-corrected chi connectivity index (χ2v) is 15.6. The van der Waals surface area contributed by atoms with Gasteiger partial charge in [-0.1, -0.05) is 78.9 Å². The van der Waals surface area contributed by atoms with Gasteiger partial charge in [-0.15, -0.1) is 0 Å². The molecule has 0 aliphatic heterocycles. The van der Waals surface area contributed by atoms with Gasteiger partial charge >= 0.3 is 55.4 Å². The predicted molar refractivity (Wildman–Crippen MR) is 207 cm³/mol. The molecule has 0 amide bonds. The second-order valence-electron chi connectivity index (χ2n) is 15.6. The normalized spacial score (nSPS) is 13.4. The molecule has 0 aliphatic carbocycles. The van der Waals surface area contributed by atoms with Crippen molar-refractivity contribution in [1.82, 2.24) is 4.98 Å². The van der Waals surface area contributed by atoms with Gasteiger partial charge in [0.1, 0.15) is 6.15 Å². The highest BCUT2D eigenvalue weighted by Crippen LogP contribution is 2.41. The summed E-state index contributed by atoms with van der Waals surface area (Å²) in [6.07, 6.45) is -50.0. The van der Waals surface area contributed by atoms with Gasteiger partial charge in [-0.3, -0.25) is 0 Å². The first kappa shape index (κ1) is 56.9. The molecule has 5 aromatic carbocycles. The Bertz CT molecular complexity index is 2530. The number of nitrogens with zero attached hydrogens (tertiary/aromatic N) is 2. The number of aromatic nitrogens is 2. The van der Waals surface area contributed by atoms with Crippen molar-refractivity contribution < 1.29 is 120 Å². The Morgan fingerprint density at radius 3 is 0.877 bits per heavy atom. The summed E-state index contributed by atoms with van der Waals surface area (Å²) in [5.74, 6) is -1.01. The lowest BCUT2D eigenvalue weighted by Gasteiger charge is -2.46. The van der Waals surface area contributed by atoms with Gasteiger partial charge in [-0.05, 0) is 24.3 Å². The van der Waals surface area contributed by atoms with E-state index in [-0.39, 0.29) is 5.69 Å². The minimum absolute atomic E-state index is 0.0541. The number of hydrogen-bond donors (Lipinski definition) is 1. The van der Waals surface area contributed by atoms with Crippen LogP contribution in [0.4, 0.5) is 105 Å². The van der Waals surface area contributed by atoms with Crippen molar-refractivity contribution in [3.05, 3.63) is 177 Å². The van der Waals surface area contributed by atoms with Crippen molar-refractivity contribution in [2.75, 3.05) is 0 Å². The molecule has 0 saturated carbocycles. The topological polar surface area (TPSA) is 54.1 Å². The molecule has 0 saturated heterocycles. The summed E-state index contributed by atoms with van der Waals surface area (Å²) in [4.78, 5) is 14.5. The molecular weight excluding hydrogens is 1060 g/mol. The van der Waals surface area contributed by atoms with Crippen LogP contribution in [-0.4, -0.2) is 22.2 Å². The zero-order chi connectivity index (χ0) is 55.3. The Hall–Kier alpha value is -6.97. The number of hydrogen-bond acceptors (Lipinski definition) is 2. The van der Waals surface area contributed by atoms with E-state index in [1.165, 1.54) is 12.4 Å². The van der Waals surface area contributed by atoms with Gasteiger partial charge in [-0.25, -0.2) is 9.78 Å². The molecule has 1 N–H and O–H groups in total. The van der Waals surface area contributed by atoms with Crippen LogP contribution >= 0.6 is 0 Å². The molecule has 4 nitrogen and oxygen atoms in total. The zero-order valence-electron chi connectivity index (χ0n) is 35.2. The first-order chi connectivity index (χ1) is 33.0. The molecule has 0 unspecified atom stereocenters. The van der Waals surface area contributed by atoms with Crippen molar-refractivity contribution in [2.45, 2.75) is 56.0 Å². The smallest absolute Gasteiger partial charge is 0.416 e. The lowest BCUT2D eigenvalue weighted by Crippen LogP contribution is -2.75. The number of carboxylic acid groups (broad SMARTS) is 1. The van der Waals surface area contributed by atoms with Crippen molar-refractivity contribution in [3.63, 3.8) is 0 Å². The summed E-state index contributed by atoms with van der Waals surface area (Å²) >= 11 is 0. The Balaban J connectivity index is 0.000000520. The fourth-order valence-corrected chi connectivity index (χ4v) is 7.51. The number of rotatable bonds is 7. The zero-order valence-corrected chi connectivity index (χ0v) is 35.2. The summed E-state index contributed by atoms with van der Waals surface area (Å²) < 4.78 is 343. The van der Waals surface area contributed by atoms with E-state index < -0.39 is 201 Å². The van der Waals surface area contributed by atoms with Crippen molar-refractivity contribution in [2.24, 2.45) is 0 Å². The van der Waals surface area contributed by atoms with Gasteiger partial charge < -0.3 is 5.11 Å². The molecule has 6 rings (SSSR count). The Kier molecular flexibility index (Phi) is 15.2. The molecule has 392 valence electrons. The van der Waals surface area contributed by atoms with Crippen LogP contribution in [0.3, 0.4) is 0 Å². The number of carboxylic acids is 1. The summed E-state index contributed by atoms with van der Waals surface area (Å²) in [6.45, 7) is 0.642. The Morgan fingerprint density at radius 1 is 0.411 bits per heavy atom. The van der Waals surface area contributed by atoms with Crippen LogP contribution in [0.25, 0.3) is 0 Å². The van der Waals surface area contributed by atoms with E-state index in [9.17, 15) is 110 Å². The third-order valence-corrected chi connectivity index (χ3v) is 10.6. The highest BCUT2D eigenvalue weighted by molar-refractivity contribution is 7.20. The maximum atomic E-state index is 14.2. The SMILES string of the molecule is FC(F)(F)c1cc([B-](c2cc(C(F)(F)F)cc(C(F)(F)F)c2)(c2cc(C(F)(F)F)cc(C(F)(F)F)c2)c2cc(C(F)(F)F)cc(C(F)(F)F)c2)cc(C(F)(F)F)c1.O=C(O)c1c[n+](Cc2ccccc2)ccn1. The molecule has 0 aliphatic rings. The van der Waals surface area contributed by atoms with E-state index in [1.54, 1.807) is 10.8 Å². The lowest BCUT2D eigenvalue weighted by atomic mass is 9.12. The van der Waals surface area contributed by atoms with Gasteiger partial charge in [0.05, 0.1) is 50.7 Å². The molecule has 1 aromatic heterocycles. The molecule has 6 aromatic rings. The number of carbonyl (C=O) groups is 1. The average Bonchev–Trinajstić information content (AvgIpc) is 3.24. The van der Waals surface area contributed by atoms with Crippen LogP contribution in [0.5, 0.6) is 0 Å². The second kappa shape index (κ2) is 19.5. The molecule has 0 fully saturated rings. The van der Waals surface area contributed by atoms with Crippen LogP contribution in [0.15, 0.2) is 122 Å². The van der Waals surface area contributed by atoms with E-state index in [2.05, 4.69) is 4.98 Å².